The molecule has 5 nitrogen and oxygen atoms in total. The standard InChI is InChI=1S/C17H25NO4/c1-4-5-10-22-15-8-6-14(11-16(15)21-3)7-9-17(20)18-12-13(2)19/h6-9,11,13,19H,4-5,10,12H2,1-3H3,(H,18,20)/b9-7+. The summed E-state index contributed by atoms with van der Waals surface area (Å²) in [6.07, 6.45) is 4.63. The Morgan fingerprint density at radius 2 is 2.18 bits per heavy atom. The van der Waals surface area contributed by atoms with Crippen LogP contribution in [-0.2, 0) is 4.79 Å². The lowest BCUT2D eigenvalue weighted by Gasteiger charge is -2.11. The first kappa shape index (κ1) is 18.0. The fourth-order valence-electron chi connectivity index (χ4n) is 1.71. The van der Waals surface area contributed by atoms with Crippen LogP contribution in [0.2, 0.25) is 0 Å². The lowest BCUT2D eigenvalue weighted by molar-refractivity contribution is -0.116. The van der Waals surface area contributed by atoms with E-state index in [1.165, 1.54) is 6.08 Å². The van der Waals surface area contributed by atoms with Gasteiger partial charge in [0.25, 0.3) is 0 Å². The summed E-state index contributed by atoms with van der Waals surface area (Å²) in [5.74, 6) is 1.09. The highest BCUT2D eigenvalue weighted by Gasteiger charge is 2.05. The number of methoxy groups -OCH3 is 1. The molecule has 0 aliphatic rings. The van der Waals surface area contributed by atoms with Crippen LogP contribution < -0.4 is 14.8 Å². The summed E-state index contributed by atoms with van der Waals surface area (Å²) in [5, 5.41) is 11.7. The van der Waals surface area contributed by atoms with Crippen molar-refractivity contribution in [3.05, 3.63) is 29.8 Å². The highest BCUT2D eigenvalue weighted by molar-refractivity contribution is 5.91. The van der Waals surface area contributed by atoms with Gasteiger partial charge in [0.1, 0.15) is 0 Å². The average Bonchev–Trinajstić information content (AvgIpc) is 2.51. The molecule has 1 aromatic carbocycles. The number of aliphatic hydroxyl groups excluding tert-OH is 1. The zero-order valence-electron chi connectivity index (χ0n) is 13.5. The van der Waals surface area contributed by atoms with Crippen LogP contribution in [-0.4, -0.2) is 37.4 Å². The Morgan fingerprint density at radius 3 is 2.82 bits per heavy atom. The zero-order chi connectivity index (χ0) is 16.4. The van der Waals surface area contributed by atoms with Crippen LogP contribution in [0.25, 0.3) is 6.08 Å². The van der Waals surface area contributed by atoms with E-state index < -0.39 is 6.10 Å². The van der Waals surface area contributed by atoms with E-state index in [1.54, 1.807) is 20.1 Å². The maximum Gasteiger partial charge on any atom is 0.244 e. The van der Waals surface area contributed by atoms with Crippen molar-refractivity contribution >= 4 is 12.0 Å². The number of amides is 1. The molecule has 0 bridgehead atoms. The van der Waals surface area contributed by atoms with Gasteiger partial charge < -0.3 is 19.9 Å². The van der Waals surface area contributed by atoms with E-state index in [-0.39, 0.29) is 12.5 Å². The van der Waals surface area contributed by atoms with Gasteiger partial charge in [0, 0.05) is 12.6 Å². The quantitative estimate of drug-likeness (QED) is 0.543. The monoisotopic (exact) mass is 307 g/mol. The van der Waals surface area contributed by atoms with Crippen molar-refractivity contribution in [3.63, 3.8) is 0 Å². The number of hydrogen-bond acceptors (Lipinski definition) is 4. The molecule has 0 fully saturated rings. The highest BCUT2D eigenvalue weighted by Crippen LogP contribution is 2.28. The maximum absolute atomic E-state index is 11.6. The molecule has 0 aliphatic heterocycles. The van der Waals surface area contributed by atoms with Gasteiger partial charge >= 0.3 is 0 Å². The van der Waals surface area contributed by atoms with Crippen LogP contribution in [0.1, 0.15) is 32.3 Å². The fourth-order valence-corrected chi connectivity index (χ4v) is 1.71. The molecule has 0 saturated heterocycles. The SMILES string of the molecule is CCCCOc1ccc(/C=C/C(=O)NCC(C)O)cc1OC. The van der Waals surface area contributed by atoms with Crippen LogP contribution in [0.15, 0.2) is 24.3 Å². The molecule has 1 rings (SSSR count). The summed E-state index contributed by atoms with van der Waals surface area (Å²) in [4.78, 5) is 11.6. The number of ether oxygens (including phenoxy) is 2. The molecule has 0 radical (unpaired) electrons. The predicted molar refractivity (Wildman–Crippen MR) is 87.1 cm³/mol. The van der Waals surface area contributed by atoms with Gasteiger partial charge in [0.2, 0.25) is 5.91 Å². The van der Waals surface area contributed by atoms with E-state index in [9.17, 15) is 4.79 Å². The van der Waals surface area contributed by atoms with Crippen LogP contribution in [0.5, 0.6) is 11.5 Å². The molecule has 122 valence electrons. The third kappa shape index (κ3) is 6.63. The van der Waals surface area contributed by atoms with Crippen molar-refractivity contribution in [1.82, 2.24) is 5.32 Å². The molecule has 0 aliphatic carbocycles. The highest BCUT2D eigenvalue weighted by atomic mass is 16.5. The van der Waals surface area contributed by atoms with Crippen molar-refractivity contribution < 1.29 is 19.4 Å². The predicted octanol–water partition coefficient (Wildman–Crippen LogP) is 2.38. The maximum atomic E-state index is 11.6. The summed E-state index contributed by atoms with van der Waals surface area (Å²) >= 11 is 0. The first-order chi connectivity index (χ1) is 10.6. The van der Waals surface area contributed by atoms with Crippen LogP contribution in [0.4, 0.5) is 0 Å². The van der Waals surface area contributed by atoms with Gasteiger partial charge in [-0.3, -0.25) is 4.79 Å². The van der Waals surface area contributed by atoms with Crippen LogP contribution in [0.3, 0.4) is 0 Å². The Morgan fingerprint density at radius 1 is 1.41 bits per heavy atom. The Labute approximate surface area is 131 Å². The first-order valence-electron chi connectivity index (χ1n) is 7.51. The molecule has 1 unspecified atom stereocenters. The molecular formula is C17H25NO4. The number of hydrogen-bond donors (Lipinski definition) is 2. The third-order valence-electron chi connectivity index (χ3n) is 2.94. The van der Waals surface area contributed by atoms with E-state index in [4.69, 9.17) is 14.6 Å². The average molecular weight is 307 g/mol. The van der Waals surface area contributed by atoms with Crippen molar-refractivity contribution in [2.45, 2.75) is 32.8 Å². The Kier molecular flexibility index (Phi) is 8.07. The fraction of sp³-hybridized carbons (Fsp3) is 0.471. The van der Waals surface area contributed by atoms with Gasteiger partial charge in [-0.2, -0.15) is 0 Å². The van der Waals surface area contributed by atoms with Gasteiger partial charge in [-0.05, 0) is 37.1 Å². The minimum Gasteiger partial charge on any atom is -0.493 e. The van der Waals surface area contributed by atoms with E-state index >= 15 is 0 Å². The number of rotatable bonds is 9. The van der Waals surface area contributed by atoms with Crippen molar-refractivity contribution in [1.29, 1.82) is 0 Å². The summed E-state index contributed by atoms with van der Waals surface area (Å²) in [6.45, 7) is 4.61. The van der Waals surface area contributed by atoms with Crippen LogP contribution in [0, 0.1) is 0 Å². The summed E-state index contributed by atoms with van der Waals surface area (Å²) in [7, 11) is 1.59. The normalized spacial score (nSPS) is 12.2. The Balaban J connectivity index is 2.66. The van der Waals surface area contributed by atoms with Crippen molar-refractivity contribution in [2.75, 3.05) is 20.3 Å². The number of carbonyl (C=O) groups is 1. The van der Waals surface area contributed by atoms with Gasteiger partial charge in [0.15, 0.2) is 11.5 Å². The number of nitrogens with one attached hydrogen (secondary N) is 1. The van der Waals surface area contributed by atoms with Crippen LogP contribution >= 0.6 is 0 Å². The van der Waals surface area contributed by atoms with Gasteiger partial charge in [-0.1, -0.05) is 19.4 Å². The molecule has 1 amide bonds. The number of carbonyl (C=O) groups excluding carboxylic acids is 1. The molecule has 0 spiro atoms. The molecular weight excluding hydrogens is 282 g/mol. The lowest BCUT2D eigenvalue weighted by Crippen LogP contribution is -2.28. The second kappa shape index (κ2) is 9.84. The minimum atomic E-state index is -0.558. The summed E-state index contributed by atoms with van der Waals surface area (Å²) in [6, 6.07) is 5.52. The van der Waals surface area contributed by atoms with Gasteiger partial charge in [-0.15, -0.1) is 0 Å². The van der Waals surface area contributed by atoms with E-state index in [0.29, 0.717) is 18.1 Å². The van der Waals surface area contributed by atoms with Gasteiger partial charge in [0.05, 0.1) is 19.8 Å². The summed E-state index contributed by atoms with van der Waals surface area (Å²) < 4.78 is 11.0. The van der Waals surface area contributed by atoms with Crippen molar-refractivity contribution in [2.24, 2.45) is 0 Å². The van der Waals surface area contributed by atoms with E-state index in [1.807, 2.05) is 18.2 Å². The number of aliphatic hydroxyl groups is 1. The topological polar surface area (TPSA) is 67.8 Å². The minimum absolute atomic E-state index is 0.233. The second-order valence-corrected chi connectivity index (χ2v) is 5.04. The number of unbranched alkanes of at least 4 members (excludes halogenated alkanes) is 1. The third-order valence-corrected chi connectivity index (χ3v) is 2.94. The Hall–Kier alpha value is -2.01. The Bertz CT molecular complexity index is 497. The molecule has 1 atom stereocenters. The molecule has 5 heteroatoms. The molecule has 0 aromatic heterocycles. The molecule has 2 N–H and O–H groups in total. The molecule has 22 heavy (non-hydrogen) atoms. The first-order valence-corrected chi connectivity index (χ1v) is 7.51. The lowest BCUT2D eigenvalue weighted by atomic mass is 10.2. The molecule has 0 heterocycles. The molecule has 0 saturated carbocycles. The van der Waals surface area contributed by atoms with E-state index in [0.717, 1.165) is 18.4 Å². The largest absolute Gasteiger partial charge is 0.493 e. The number of benzene rings is 1. The molecule has 1 aromatic rings. The van der Waals surface area contributed by atoms with E-state index in [2.05, 4.69) is 12.2 Å². The van der Waals surface area contributed by atoms with Crippen molar-refractivity contribution in [3.8, 4) is 11.5 Å². The zero-order valence-corrected chi connectivity index (χ0v) is 13.5. The smallest absolute Gasteiger partial charge is 0.244 e. The second-order valence-electron chi connectivity index (χ2n) is 5.04. The van der Waals surface area contributed by atoms with Gasteiger partial charge in [-0.25, -0.2) is 0 Å². The summed E-state index contributed by atoms with van der Waals surface area (Å²) in [5.41, 5.74) is 0.840.